The van der Waals surface area contributed by atoms with Crippen molar-refractivity contribution in [1.82, 2.24) is 24.9 Å². The minimum atomic E-state index is 0.505. The molecule has 26 heavy (non-hydrogen) atoms. The molecule has 0 bridgehead atoms. The van der Waals surface area contributed by atoms with E-state index in [-0.39, 0.29) is 0 Å². The first-order chi connectivity index (χ1) is 12.7. The second kappa shape index (κ2) is 7.51. The van der Waals surface area contributed by atoms with Gasteiger partial charge in [0, 0.05) is 16.8 Å². The first-order valence-corrected chi connectivity index (χ1v) is 9.32. The van der Waals surface area contributed by atoms with E-state index in [1.54, 1.807) is 0 Å². The van der Waals surface area contributed by atoms with Crippen molar-refractivity contribution in [1.29, 1.82) is 0 Å². The van der Waals surface area contributed by atoms with Gasteiger partial charge in [-0.3, -0.25) is 9.78 Å². The molecule has 0 aliphatic carbocycles. The van der Waals surface area contributed by atoms with E-state index in [1.807, 2.05) is 30.5 Å². The SMILES string of the molecule is CN1CCC(n2cc(NCc3cc(-c4ccc(Cl)cc4)n[nH]3)cn2)CC1. The number of nitrogens with zero attached hydrogens (tertiary/aromatic N) is 4. The van der Waals surface area contributed by atoms with Crippen molar-refractivity contribution in [2.24, 2.45) is 0 Å². The summed E-state index contributed by atoms with van der Waals surface area (Å²) in [5, 5.41) is 16.1. The number of likely N-dealkylation sites (tertiary alicyclic amines) is 1. The zero-order chi connectivity index (χ0) is 17.9. The molecule has 0 atom stereocenters. The van der Waals surface area contributed by atoms with E-state index >= 15 is 0 Å². The summed E-state index contributed by atoms with van der Waals surface area (Å²) in [6, 6.07) is 10.3. The Kier molecular flexibility index (Phi) is 4.95. The maximum atomic E-state index is 5.94. The summed E-state index contributed by atoms with van der Waals surface area (Å²) in [6.45, 7) is 2.95. The number of aromatic amines is 1. The van der Waals surface area contributed by atoms with Crippen molar-refractivity contribution in [3.8, 4) is 11.3 Å². The molecule has 2 aromatic heterocycles. The predicted octanol–water partition coefficient (Wildman–Crippen LogP) is 3.81. The van der Waals surface area contributed by atoms with Crippen LogP contribution in [-0.4, -0.2) is 45.0 Å². The van der Waals surface area contributed by atoms with E-state index in [9.17, 15) is 0 Å². The van der Waals surface area contributed by atoms with Gasteiger partial charge in [0.05, 0.1) is 35.9 Å². The summed E-state index contributed by atoms with van der Waals surface area (Å²) in [6.07, 6.45) is 6.31. The van der Waals surface area contributed by atoms with Crippen LogP contribution in [0.2, 0.25) is 5.02 Å². The molecular formula is C19H23ClN6. The minimum Gasteiger partial charge on any atom is -0.377 e. The van der Waals surface area contributed by atoms with Crippen molar-refractivity contribution < 1.29 is 0 Å². The third-order valence-electron chi connectivity index (χ3n) is 4.92. The van der Waals surface area contributed by atoms with Crippen LogP contribution in [-0.2, 0) is 6.54 Å². The highest BCUT2D eigenvalue weighted by atomic mass is 35.5. The van der Waals surface area contributed by atoms with Gasteiger partial charge in [0.1, 0.15) is 0 Å². The van der Waals surface area contributed by atoms with Crippen molar-refractivity contribution in [3.05, 3.63) is 53.4 Å². The minimum absolute atomic E-state index is 0.505. The number of piperidine rings is 1. The van der Waals surface area contributed by atoms with E-state index < -0.39 is 0 Å². The molecule has 1 aromatic carbocycles. The van der Waals surface area contributed by atoms with Gasteiger partial charge < -0.3 is 10.2 Å². The van der Waals surface area contributed by atoms with Crippen LogP contribution in [0.4, 0.5) is 5.69 Å². The molecule has 7 heteroatoms. The number of rotatable bonds is 5. The van der Waals surface area contributed by atoms with Crippen LogP contribution in [0.5, 0.6) is 0 Å². The number of nitrogens with one attached hydrogen (secondary N) is 2. The molecule has 1 aliphatic rings. The van der Waals surface area contributed by atoms with Gasteiger partial charge in [0.2, 0.25) is 0 Å². The van der Waals surface area contributed by atoms with Crippen molar-refractivity contribution in [2.75, 3.05) is 25.5 Å². The summed E-state index contributed by atoms with van der Waals surface area (Å²) in [4.78, 5) is 2.37. The normalized spacial score (nSPS) is 16.1. The van der Waals surface area contributed by atoms with Gasteiger partial charge in [0.25, 0.3) is 0 Å². The molecule has 1 fully saturated rings. The molecule has 0 spiro atoms. The number of halogens is 1. The molecule has 0 unspecified atom stereocenters. The van der Waals surface area contributed by atoms with Gasteiger partial charge in [-0.25, -0.2) is 0 Å². The van der Waals surface area contributed by atoms with Gasteiger partial charge in [-0.1, -0.05) is 23.7 Å². The van der Waals surface area contributed by atoms with Gasteiger partial charge >= 0.3 is 0 Å². The van der Waals surface area contributed by atoms with Crippen LogP contribution in [0.25, 0.3) is 11.3 Å². The maximum Gasteiger partial charge on any atom is 0.0924 e. The van der Waals surface area contributed by atoms with Crippen LogP contribution in [0, 0.1) is 0 Å². The van der Waals surface area contributed by atoms with Crippen molar-refractivity contribution in [2.45, 2.75) is 25.4 Å². The zero-order valence-corrected chi connectivity index (χ0v) is 15.6. The Labute approximate surface area is 158 Å². The average molecular weight is 371 g/mol. The average Bonchev–Trinajstić information content (AvgIpc) is 3.31. The van der Waals surface area contributed by atoms with Gasteiger partial charge in [-0.2, -0.15) is 10.2 Å². The standard InChI is InChI=1S/C19H23ClN6/c1-25-8-6-18(7-9-25)26-13-17(12-22-26)21-11-16-10-19(24-23-16)14-2-4-15(20)5-3-14/h2-5,10,12-13,18,21H,6-9,11H2,1H3,(H,23,24). The highest BCUT2D eigenvalue weighted by Gasteiger charge is 2.18. The second-order valence-electron chi connectivity index (χ2n) is 6.88. The number of hydrogen-bond donors (Lipinski definition) is 2. The molecule has 0 amide bonds. The first-order valence-electron chi connectivity index (χ1n) is 8.94. The molecule has 0 radical (unpaired) electrons. The fraction of sp³-hybridized carbons (Fsp3) is 0.368. The molecule has 3 aromatic rings. The third-order valence-corrected chi connectivity index (χ3v) is 5.17. The fourth-order valence-corrected chi connectivity index (χ4v) is 3.43. The molecule has 4 rings (SSSR count). The lowest BCUT2D eigenvalue weighted by atomic mass is 10.1. The number of anilines is 1. The predicted molar refractivity (Wildman–Crippen MR) is 104 cm³/mol. The Bertz CT molecular complexity index is 845. The van der Waals surface area contributed by atoms with E-state index in [2.05, 4.69) is 49.5 Å². The van der Waals surface area contributed by atoms with Crippen LogP contribution >= 0.6 is 11.6 Å². The topological polar surface area (TPSA) is 61.8 Å². The highest BCUT2D eigenvalue weighted by molar-refractivity contribution is 6.30. The number of benzene rings is 1. The lowest BCUT2D eigenvalue weighted by Crippen LogP contribution is -2.31. The quantitative estimate of drug-likeness (QED) is 0.717. The Morgan fingerprint density at radius 3 is 2.77 bits per heavy atom. The molecule has 0 saturated carbocycles. The Balaban J connectivity index is 1.35. The van der Waals surface area contributed by atoms with E-state index in [0.29, 0.717) is 12.6 Å². The summed E-state index contributed by atoms with van der Waals surface area (Å²) >= 11 is 5.94. The van der Waals surface area contributed by atoms with Crippen LogP contribution in [0.1, 0.15) is 24.6 Å². The van der Waals surface area contributed by atoms with Gasteiger partial charge in [0.15, 0.2) is 0 Å². The molecular weight excluding hydrogens is 348 g/mol. The van der Waals surface area contributed by atoms with Crippen LogP contribution < -0.4 is 5.32 Å². The van der Waals surface area contributed by atoms with Gasteiger partial charge in [-0.15, -0.1) is 0 Å². The lowest BCUT2D eigenvalue weighted by molar-refractivity contribution is 0.212. The van der Waals surface area contributed by atoms with Crippen molar-refractivity contribution in [3.63, 3.8) is 0 Å². The maximum absolute atomic E-state index is 5.94. The molecule has 1 saturated heterocycles. The Morgan fingerprint density at radius 1 is 1.23 bits per heavy atom. The summed E-state index contributed by atoms with van der Waals surface area (Å²) in [7, 11) is 2.18. The second-order valence-corrected chi connectivity index (χ2v) is 7.32. The van der Waals surface area contributed by atoms with Crippen LogP contribution in [0.3, 0.4) is 0 Å². The molecule has 3 heterocycles. The Hall–Kier alpha value is -2.31. The van der Waals surface area contributed by atoms with Crippen LogP contribution in [0.15, 0.2) is 42.7 Å². The number of aromatic nitrogens is 4. The van der Waals surface area contributed by atoms with Crippen molar-refractivity contribution >= 4 is 17.3 Å². The Morgan fingerprint density at radius 2 is 2.00 bits per heavy atom. The van der Waals surface area contributed by atoms with E-state index in [0.717, 1.165) is 53.6 Å². The number of H-pyrrole nitrogens is 1. The lowest BCUT2D eigenvalue weighted by Gasteiger charge is -2.28. The number of hydrogen-bond acceptors (Lipinski definition) is 4. The first kappa shape index (κ1) is 17.1. The summed E-state index contributed by atoms with van der Waals surface area (Å²) in [5.41, 5.74) is 4.03. The summed E-state index contributed by atoms with van der Waals surface area (Å²) in [5.74, 6) is 0. The van der Waals surface area contributed by atoms with Gasteiger partial charge in [-0.05, 0) is 51.2 Å². The molecule has 1 aliphatic heterocycles. The largest absolute Gasteiger partial charge is 0.377 e. The molecule has 136 valence electrons. The monoisotopic (exact) mass is 370 g/mol. The third kappa shape index (κ3) is 3.92. The summed E-state index contributed by atoms with van der Waals surface area (Å²) < 4.78 is 2.10. The zero-order valence-electron chi connectivity index (χ0n) is 14.8. The smallest absolute Gasteiger partial charge is 0.0924 e. The molecule has 6 nitrogen and oxygen atoms in total. The van der Waals surface area contributed by atoms with E-state index in [4.69, 9.17) is 11.6 Å². The van der Waals surface area contributed by atoms with E-state index in [1.165, 1.54) is 0 Å². The highest BCUT2D eigenvalue weighted by Crippen LogP contribution is 2.23. The fourth-order valence-electron chi connectivity index (χ4n) is 3.31. The molecule has 2 N–H and O–H groups in total.